The Hall–Kier alpha value is -2.53. The molecular formula is C16H18BrN5O4S. The summed E-state index contributed by atoms with van der Waals surface area (Å²) in [6.07, 6.45) is 1.45. The van der Waals surface area contributed by atoms with Gasteiger partial charge >= 0.3 is 0 Å². The van der Waals surface area contributed by atoms with Crippen LogP contribution in [-0.4, -0.2) is 59.7 Å². The molecule has 1 aromatic heterocycles. The predicted octanol–water partition coefficient (Wildman–Crippen LogP) is 1.73. The lowest BCUT2D eigenvalue weighted by Gasteiger charge is -2.15. The van der Waals surface area contributed by atoms with E-state index in [1.54, 1.807) is 33.2 Å². The number of aryl methyl sites for hydroxylation is 1. The molecule has 2 aromatic rings. The van der Waals surface area contributed by atoms with Gasteiger partial charge in [-0.05, 0) is 52.8 Å². The Kier molecular flexibility index (Phi) is 6.86. The van der Waals surface area contributed by atoms with Crippen LogP contribution in [0.2, 0.25) is 0 Å². The highest BCUT2D eigenvalue weighted by Gasteiger charge is 2.14. The fraction of sp³-hybridized carbons (Fsp3) is 0.312. The largest absolute Gasteiger partial charge is 0.493 e. The molecule has 0 unspecified atom stereocenters. The molecule has 0 aliphatic rings. The maximum Gasteiger partial charge on any atom is 0.296 e. The lowest BCUT2D eigenvalue weighted by Crippen LogP contribution is -2.27. The SMILES string of the molecule is COc1cc(C=Nn2c(=S)[nH]nc(C)c2=O)cc(Br)c1OCC(=O)N(C)C. The Morgan fingerprint density at radius 1 is 1.48 bits per heavy atom. The van der Waals surface area contributed by atoms with E-state index in [2.05, 4.69) is 31.2 Å². The number of nitrogens with one attached hydrogen (secondary N) is 1. The number of methoxy groups -OCH3 is 1. The second-order valence-corrected chi connectivity index (χ2v) is 6.83. The zero-order valence-corrected chi connectivity index (χ0v) is 17.5. The molecule has 0 atom stereocenters. The number of aromatic nitrogens is 3. The van der Waals surface area contributed by atoms with Gasteiger partial charge in [0.1, 0.15) is 5.69 Å². The minimum absolute atomic E-state index is 0.0787. The number of carbonyl (C=O) groups excluding carboxylic acids is 1. The van der Waals surface area contributed by atoms with Crippen LogP contribution < -0.4 is 15.0 Å². The Labute approximate surface area is 168 Å². The van der Waals surface area contributed by atoms with Gasteiger partial charge in [0.05, 0.1) is 17.8 Å². The number of aromatic amines is 1. The molecule has 1 heterocycles. The fourth-order valence-corrected chi connectivity index (χ4v) is 2.67. The molecule has 144 valence electrons. The normalized spacial score (nSPS) is 10.9. The van der Waals surface area contributed by atoms with Gasteiger partial charge in [-0.2, -0.15) is 14.9 Å². The monoisotopic (exact) mass is 455 g/mol. The number of nitrogens with zero attached hydrogens (tertiary/aromatic N) is 4. The molecule has 1 aromatic carbocycles. The fourth-order valence-electron chi connectivity index (χ4n) is 1.92. The van der Waals surface area contributed by atoms with E-state index in [0.29, 0.717) is 21.5 Å². The number of H-pyrrole nitrogens is 1. The average Bonchev–Trinajstić information content (AvgIpc) is 2.63. The second-order valence-electron chi connectivity index (χ2n) is 5.59. The van der Waals surface area contributed by atoms with Crippen molar-refractivity contribution in [1.82, 2.24) is 19.8 Å². The van der Waals surface area contributed by atoms with Crippen molar-refractivity contribution in [2.75, 3.05) is 27.8 Å². The number of halogens is 1. The van der Waals surface area contributed by atoms with Gasteiger partial charge < -0.3 is 14.4 Å². The molecule has 0 radical (unpaired) electrons. The van der Waals surface area contributed by atoms with Gasteiger partial charge in [-0.3, -0.25) is 14.7 Å². The van der Waals surface area contributed by atoms with Gasteiger partial charge in [0.25, 0.3) is 11.5 Å². The third kappa shape index (κ3) is 5.01. The first kappa shape index (κ1) is 20.8. The number of rotatable bonds is 6. The zero-order chi connectivity index (χ0) is 20.1. The summed E-state index contributed by atoms with van der Waals surface area (Å²) >= 11 is 8.43. The first-order chi connectivity index (χ1) is 12.7. The van der Waals surface area contributed by atoms with Crippen LogP contribution in [0.1, 0.15) is 11.3 Å². The van der Waals surface area contributed by atoms with E-state index in [1.165, 1.54) is 18.2 Å². The van der Waals surface area contributed by atoms with E-state index in [4.69, 9.17) is 21.7 Å². The lowest BCUT2D eigenvalue weighted by atomic mass is 10.2. The molecule has 2 rings (SSSR count). The van der Waals surface area contributed by atoms with Crippen LogP contribution in [-0.2, 0) is 4.79 Å². The van der Waals surface area contributed by atoms with Crippen molar-refractivity contribution in [3.63, 3.8) is 0 Å². The van der Waals surface area contributed by atoms with Crippen LogP contribution in [0.5, 0.6) is 11.5 Å². The topological polar surface area (TPSA) is 102 Å². The lowest BCUT2D eigenvalue weighted by molar-refractivity contribution is -0.130. The van der Waals surface area contributed by atoms with E-state index in [0.717, 1.165) is 4.68 Å². The second kappa shape index (κ2) is 8.91. The Morgan fingerprint density at radius 2 is 2.19 bits per heavy atom. The van der Waals surface area contributed by atoms with E-state index in [9.17, 15) is 9.59 Å². The van der Waals surface area contributed by atoms with Gasteiger partial charge in [0.15, 0.2) is 18.1 Å². The van der Waals surface area contributed by atoms with Crippen molar-refractivity contribution in [3.8, 4) is 11.5 Å². The molecule has 11 heteroatoms. The average molecular weight is 456 g/mol. The molecular weight excluding hydrogens is 438 g/mol. The van der Waals surface area contributed by atoms with Crippen molar-refractivity contribution in [2.45, 2.75) is 6.92 Å². The summed E-state index contributed by atoms with van der Waals surface area (Å²) in [6, 6.07) is 3.38. The van der Waals surface area contributed by atoms with Crippen molar-refractivity contribution >= 4 is 40.3 Å². The van der Waals surface area contributed by atoms with Crippen molar-refractivity contribution in [1.29, 1.82) is 0 Å². The van der Waals surface area contributed by atoms with Gasteiger partial charge in [0, 0.05) is 14.1 Å². The molecule has 0 spiro atoms. The quantitative estimate of drug-likeness (QED) is 0.525. The molecule has 0 aliphatic heterocycles. The molecule has 0 aliphatic carbocycles. The molecule has 9 nitrogen and oxygen atoms in total. The van der Waals surface area contributed by atoms with Gasteiger partial charge in [-0.15, -0.1) is 0 Å². The summed E-state index contributed by atoms with van der Waals surface area (Å²) in [6.45, 7) is 1.43. The summed E-state index contributed by atoms with van der Waals surface area (Å²) in [5.41, 5.74) is 0.456. The Balaban J connectivity index is 2.34. The molecule has 27 heavy (non-hydrogen) atoms. The van der Waals surface area contributed by atoms with Crippen LogP contribution in [0.4, 0.5) is 0 Å². The number of benzene rings is 1. The Bertz CT molecular complexity index is 999. The van der Waals surface area contributed by atoms with Gasteiger partial charge in [0.2, 0.25) is 4.77 Å². The van der Waals surface area contributed by atoms with Crippen LogP contribution in [0.25, 0.3) is 0 Å². The molecule has 0 saturated heterocycles. The number of amides is 1. The van der Waals surface area contributed by atoms with Gasteiger partial charge in [-0.1, -0.05) is 0 Å². The smallest absolute Gasteiger partial charge is 0.296 e. The highest BCUT2D eigenvalue weighted by Crippen LogP contribution is 2.36. The van der Waals surface area contributed by atoms with Crippen LogP contribution in [0.15, 0.2) is 26.5 Å². The summed E-state index contributed by atoms with van der Waals surface area (Å²) < 4.78 is 12.6. The highest BCUT2D eigenvalue weighted by atomic mass is 79.9. The zero-order valence-electron chi connectivity index (χ0n) is 15.1. The minimum Gasteiger partial charge on any atom is -0.493 e. The standard InChI is InChI=1S/C16H18BrN5O4S/c1-9-15(24)22(16(27)20-19-9)18-7-10-5-11(17)14(12(6-10)25-4)26-8-13(23)21(2)3/h5-7H,8H2,1-4H3,(H,20,27). The van der Waals surface area contributed by atoms with Crippen molar-refractivity contribution in [3.05, 3.63) is 43.0 Å². The van der Waals surface area contributed by atoms with Crippen LogP contribution in [0.3, 0.4) is 0 Å². The number of likely N-dealkylation sites (N-methyl/N-ethyl adjacent to an activating group) is 1. The number of hydrogen-bond acceptors (Lipinski definition) is 7. The molecule has 1 amide bonds. The first-order valence-corrected chi connectivity index (χ1v) is 8.88. The van der Waals surface area contributed by atoms with Crippen LogP contribution >= 0.6 is 28.1 Å². The number of carbonyl (C=O) groups is 1. The summed E-state index contributed by atoms with van der Waals surface area (Å²) in [7, 11) is 4.77. The molecule has 0 saturated carbocycles. The molecule has 1 N–H and O–H groups in total. The maximum atomic E-state index is 12.1. The molecule has 0 bridgehead atoms. The van der Waals surface area contributed by atoms with E-state index in [-0.39, 0.29) is 23.0 Å². The third-order valence-corrected chi connectivity index (χ3v) is 4.28. The highest BCUT2D eigenvalue weighted by molar-refractivity contribution is 9.10. The van der Waals surface area contributed by atoms with E-state index >= 15 is 0 Å². The first-order valence-electron chi connectivity index (χ1n) is 7.67. The maximum absolute atomic E-state index is 12.1. The minimum atomic E-state index is -0.414. The number of ether oxygens (including phenoxy) is 2. The Morgan fingerprint density at radius 3 is 2.81 bits per heavy atom. The van der Waals surface area contributed by atoms with Crippen molar-refractivity contribution in [2.24, 2.45) is 5.10 Å². The summed E-state index contributed by atoms with van der Waals surface area (Å²) in [5.74, 6) is 0.608. The van der Waals surface area contributed by atoms with E-state index < -0.39 is 5.56 Å². The summed E-state index contributed by atoms with van der Waals surface area (Å²) in [5, 5.41) is 10.4. The van der Waals surface area contributed by atoms with E-state index in [1.807, 2.05) is 0 Å². The third-order valence-electron chi connectivity index (χ3n) is 3.43. The summed E-state index contributed by atoms with van der Waals surface area (Å²) in [4.78, 5) is 25.2. The number of hydrogen-bond donors (Lipinski definition) is 1. The predicted molar refractivity (Wildman–Crippen MR) is 106 cm³/mol. The molecule has 0 fully saturated rings. The van der Waals surface area contributed by atoms with Crippen molar-refractivity contribution < 1.29 is 14.3 Å². The van der Waals surface area contributed by atoms with Crippen LogP contribution in [0, 0.1) is 11.7 Å². The van der Waals surface area contributed by atoms with Gasteiger partial charge in [-0.25, -0.2) is 0 Å².